The topological polar surface area (TPSA) is 154 Å². The fraction of sp³-hybridized carbons (Fsp3) is 0.440. The van der Waals surface area contributed by atoms with Crippen molar-refractivity contribution in [3.05, 3.63) is 48.0 Å². The number of unbranched alkanes of at least 4 members (excludes halogenated alkanes) is 2. The minimum atomic E-state index is -0.783. The van der Waals surface area contributed by atoms with E-state index in [2.05, 4.69) is 21.3 Å². The highest BCUT2D eigenvalue weighted by Crippen LogP contribution is 2.07. The van der Waals surface area contributed by atoms with E-state index < -0.39 is 17.9 Å². The maximum absolute atomic E-state index is 12.3. The number of imide groups is 1. The largest absolute Gasteiger partial charge is 0.355 e. The molecule has 0 spiro atoms. The average Bonchev–Trinajstić information content (AvgIpc) is 3.18. The Morgan fingerprint density at radius 3 is 2.11 bits per heavy atom. The molecule has 0 aromatic heterocycles. The number of hydrogen-bond acceptors (Lipinski definition) is 6. The summed E-state index contributed by atoms with van der Waals surface area (Å²) in [5.74, 6) is -2.34. The highest BCUT2D eigenvalue weighted by Gasteiger charge is 2.22. The van der Waals surface area contributed by atoms with Gasteiger partial charge in [-0.05, 0) is 25.3 Å². The number of likely N-dealkylation sites (N-methyl/N-ethyl adjacent to an activating group) is 1. The Balaban J connectivity index is 1.62. The number of nitrogens with zero attached hydrogens (tertiary/aromatic N) is 1. The molecule has 36 heavy (non-hydrogen) atoms. The second-order valence-corrected chi connectivity index (χ2v) is 8.23. The molecule has 6 amide bonds. The highest BCUT2D eigenvalue weighted by molar-refractivity contribution is 6.12. The summed E-state index contributed by atoms with van der Waals surface area (Å²) >= 11 is 0. The zero-order valence-electron chi connectivity index (χ0n) is 20.4. The van der Waals surface area contributed by atoms with Gasteiger partial charge in [0.05, 0.1) is 13.1 Å². The van der Waals surface area contributed by atoms with Crippen LogP contribution in [0.5, 0.6) is 0 Å². The van der Waals surface area contributed by atoms with Crippen LogP contribution in [-0.2, 0) is 35.2 Å². The summed E-state index contributed by atoms with van der Waals surface area (Å²) in [5.41, 5.74) is 0.885. The lowest BCUT2D eigenvalue weighted by Gasteiger charge is -2.18. The molecule has 0 saturated heterocycles. The van der Waals surface area contributed by atoms with Gasteiger partial charge in [0.2, 0.25) is 23.6 Å². The van der Waals surface area contributed by atoms with Crippen LogP contribution in [0.3, 0.4) is 0 Å². The summed E-state index contributed by atoms with van der Waals surface area (Å²) in [5, 5.41) is 10.2. The van der Waals surface area contributed by atoms with Gasteiger partial charge in [-0.15, -0.1) is 0 Å². The van der Waals surface area contributed by atoms with Crippen molar-refractivity contribution in [1.82, 2.24) is 26.2 Å². The standard InChI is InChI=1S/C25H33N5O6/c1-2-26-25(36)19(15-18-9-5-3-6-10-18)29-22(33)17-28-21(32)16-27-20(31)11-7-4-8-14-30-23(34)12-13-24(30)35/h3,5-6,9-10,12-13,19H,2,4,7-8,11,14-17H2,1H3,(H,26,36)(H,27,31)(H,28,32)(H,29,33)/t19-/m0/s1. The Hall–Kier alpha value is -4.02. The maximum atomic E-state index is 12.3. The molecule has 2 rings (SSSR count). The minimum Gasteiger partial charge on any atom is -0.355 e. The van der Waals surface area contributed by atoms with Crippen molar-refractivity contribution in [2.75, 3.05) is 26.2 Å². The molecule has 11 heteroatoms. The SMILES string of the molecule is CCNC(=O)[C@H](Cc1ccccc1)NC(=O)CNC(=O)CNC(=O)CCCCCN1C(=O)C=CC1=O. The molecule has 1 aliphatic heterocycles. The van der Waals surface area contributed by atoms with E-state index in [9.17, 15) is 28.8 Å². The summed E-state index contributed by atoms with van der Waals surface area (Å²) in [6.07, 6.45) is 4.75. The van der Waals surface area contributed by atoms with Gasteiger partial charge in [0.1, 0.15) is 6.04 Å². The zero-order chi connectivity index (χ0) is 26.3. The Morgan fingerprint density at radius 2 is 1.44 bits per heavy atom. The molecular formula is C25H33N5O6. The first-order chi connectivity index (χ1) is 17.3. The number of nitrogens with one attached hydrogen (secondary N) is 4. The van der Waals surface area contributed by atoms with E-state index in [1.54, 1.807) is 6.92 Å². The highest BCUT2D eigenvalue weighted by atomic mass is 16.2. The normalized spacial score (nSPS) is 13.3. The molecule has 11 nitrogen and oxygen atoms in total. The van der Waals surface area contributed by atoms with Gasteiger partial charge in [0.15, 0.2) is 0 Å². The predicted octanol–water partition coefficient (Wildman–Crippen LogP) is -0.432. The molecule has 1 aromatic carbocycles. The fourth-order valence-electron chi connectivity index (χ4n) is 3.49. The first-order valence-corrected chi connectivity index (χ1v) is 12.0. The molecule has 1 aliphatic rings. The van der Waals surface area contributed by atoms with E-state index in [0.29, 0.717) is 38.8 Å². The molecule has 0 saturated carbocycles. The fourth-order valence-corrected chi connectivity index (χ4v) is 3.49. The van der Waals surface area contributed by atoms with Crippen LogP contribution < -0.4 is 21.3 Å². The number of carbonyl (C=O) groups is 6. The van der Waals surface area contributed by atoms with Gasteiger partial charge in [-0.1, -0.05) is 36.8 Å². The van der Waals surface area contributed by atoms with Crippen molar-refractivity contribution in [2.24, 2.45) is 0 Å². The van der Waals surface area contributed by atoms with Crippen molar-refractivity contribution < 1.29 is 28.8 Å². The van der Waals surface area contributed by atoms with E-state index in [1.165, 1.54) is 12.2 Å². The van der Waals surface area contributed by atoms with Crippen molar-refractivity contribution in [1.29, 1.82) is 0 Å². The Kier molecular flexibility index (Phi) is 11.8. The molecule has 0 fully saturated rings. The first-order valence-electron chi connectivity index (χ1n) is 12.0. The smallest absolute Gasteiger partial charge is 0.253 e. The summed E-state index contributed by atoms with van der Waals surface area (Å²) in [6, 6.07) is 8.48. The maximum Gasteiger partial charge on any atom is 0.253 e. The Bertz CT molecular complexity index is 960. The van der Waals surface area contributed by atoms with E-state index in [0.717, 1.165) is 10.5 Å². The lowest BCUT2D eigenvalue weighted by molar-refractivity contribution is -0.137. The van der Waals surface area contributed by atoms with Crippen molar-refractivity contribution in [3.63, 3.8) is 0 Å². The van der Waals surface area contributed by atoms with Gasteiger partial charge in [-0.3, -0.25) is 33.7 Å². The van der Waals surface area contributed by atoms with Gasteiger partial charge in [-0.2, -0.15) is 0 Å². The predicted molar refractivity (Wildman–Crippen MR) is 131 cm³/mol. The van der Waals surface area contributed by atoms with E-state index in [4.69, 9.17) is 0 Å². The molecule has 0 radical (unpaired) electrons. The third-order valence-electron chi connectivity index (χ3n) is 5.36. The van der Waals surface area contributed by atoms with E-state index >= 15 is 0 Å². The third-order valence-corrected chi connectivity index (χ3v) is 5.36. The van der Waals surface area contributed by atoms with Gasteiger partial charge in [-0.25, -0.2) is 0 Å². The molecule has 0 bridgehead atoms. The molecule has 1 heterocycles. The van der Waals surface area contributed by atoms with Crippen LogP contribution in [0, 0.1) is 0 Å². The molecule has 4 N–H and O–H groups in total. The number of benzene rings is 1. The number of rotatable bonds is 15. The van der Waals surface area contributed by atoms with E-state index in [1.807, 2.05) is 30.3 Å². The lowest BCUT2D eigenvalue weighted by Crippen LogP contribution is -2.51. The molecule has 1 atom stereocenters. The first kappa shape index (κ1) is 28.2. The average molecular weight is 500 g/mol. The van der Waals surface area contributed by atoms with Crippen LogP contribution in [0.1, 0.15) is 38.2 Å². The Morgan fingerprint density at radius 1 is 0.806 bits per heavy atom. The van der Waals surface area contributed by atoms with Gasteiger partial charge >= 0.3 is 0 Å². The monoisotopic (exact) mass is 499 g/mol. The molecule has 1 aromatic rings. The second kappa shape index (κ2) is 15.1. The number of hydrogen-bond donors (Lipinski definition) is 4. The van der Waals surface area contributed by atoms with Crippen LogP contribution >= 0.6 is 0 Å². The van der Waals surface area contributed by atoms with Crippen LogP contribution in [0.4, 0.5) is 0 Å². The molecule has 194 valence electrons. The minimum absolute atomic E-state index is 0.196. The zero-order valence-corrected chi connectivity index (χ0v) is 20.4. The summed E-state index contributed by atoms with van der Waals surface area (Å²) in [4.78, 5) is 72.6. The molecular weight excluding hydrogens is 466 g/mol. The summed E-state index contributed by atoms with van der Waals surface area (Å²) < 4.78 is 0. The van der Waals surface area contributed by atoms with Gasteiger partial charge in [0, 0.05) is 38.1 Å². The van der Waals surface area contributed by atoms with Crippen LogP contribution in [0.15, 0.2) is 42.5 Å². The van der Waals surface area contributed by atoms with Crippen LogP contribution in [-0.4, -0.2) is 72.6 Å². The molecule has 0 aliphatic carbocycles. The van der Waals surface area contributed by atoms with Gasteiger partial charge < -0.3 is 21.3 Å². The molecule has 0 unspecified atom stereocenters. The quantitative estimate of drug-likeness (QED) is 0.190. The van der Waals surface area contributed by atoms with Gasteiger partial charge in [0.25, 0.3) is 11.8 Å². The number of carbonyl (C=O) groups excluding carboxylic acids is 6. The van der Waals surface area contributed by atoms with Crippen molar-refractivity contribution in [3.8, 4) is 0 Å². The Labute approximate surface area is 210 Å². The van der Waals surface area contributed by atoms with Crippen LogP contribution in [0.25, 0.3) is 0 Å². The van der Waals surface area contributed by atoms with E-state index in [-0.39, 0.29) is 43.1 Å². The summed E-state index contributed by atoms with van der Waals surface area (Å²) in [7, 11) is 0. The lowest BCUT2D eigenvalue weighted by atomic mass is 10.1. The van der Waals surface area contributed by atoms with Crippen molar-refractivity contribution in [2.45, 2.75) is 45.1 Å². The van der Waals surface area contributed by atoms with Crippen LogP contribution in [0.2, 0.25) is 0 Å². The number of amides is 6. The third kappa shape index (κ3) is 10.1. The second-order valence-electron chi connectivity index (χ2n) is 8.23. The summed E-state index contributed by atoms with van der Waals surface area (Å²) in [6.45, 7) is 1.90. The van der Waals surface area contributed by atoms with Crippen molar-refractivity contribution >= 4 is 35.4 Å².